The molecule has 0 aliphatic rings. The SMILES string of the molecule is O=C(NCCc1csc(=O)[nH]1)c1ccccc1Sc1ccccc1. The van der Waals surface area contributed by atoms with Gasteiger partial charge in [0.05, 0.1) is 5.56 Å². The third-order valence-corrected chi connectivity index (χ3v) is 5.16. The third kappa shape index (κ3) is 4.37. The van der Waals surface area contributed by atoms with E-state index in [1.165, 1.54) is 0 Å². The molecule has 2 aromatic carbocycles. The molecule has 0 aliphatic heterocycles. The molecule has 0 bridgehead atoms. The molecule has 1 heterocycles. The van der Waals surface area contributed by atoms with Gasteiger partial charge in [0.15, 0.2) is 0 Å². The number of aromatic amines is 1. The van der Waals surface area contributed by atoms with Gasteiger partial charge in [-0.15, -0.1) is 0 Å². The van der Waals surface area contributed by atoms with Crippen LogP contribution in [0.25, 0.3) is 0 Å². The van der Waals surface area contributed by atoms with Crippen LogP contribution in [-0.4, -0.2) is 17.4 Å². The Hall–Kier alpha value is -2.31. The number of carbonyl (C=O) groups excluding carboxylic acids is 1. The van der Waals surface area contributed by atoms with E-state index in [4.69, 9.17) is 0 Å². The Balaban J connectivity index is 1.65. The molecule has 2 N–H and O–H groups in total. The van der Waals surface area contributed by atoms with Gasteiger partial charge in [0.25, 0.3) is 5.91 Å². The first-order valence-corrected chi connectivity index (χ1v) is 9.19. The van der Waals surface area contributed by atoms with Gasteiger partial charge in [-0.2, -0.15) is 0 Å². The van der Waals surface area contributed by atoms with Crippen LogP contribution in [0.1, 0.15) is 16.1 Å². The van der Waals surface area contributed by atoms with Crippen LogP contribution in [0.3, 0.4) is 0 Å². The summed E-state index contributed by atoms with van der Waals surface area (Å²) in [5.41, 5.74) is 1.50. The highest BCUT2D eigenvalue weighted by Crippen LogP contribution is 2.30. The number of carbonyl (C=O) groups is 1. The van der Waals surface area contributed by atoms with E-state index < -0.39 is 0 Å². The number of rotatable bonds is 6. The number of hydrogen-bond acceptors (Lipinski definition) is 4. The molecule has 0 aliphatic carbocycles. The molecule has 0 spiro atoms. The quantitative estimate of drug-likeness (QED) is 0.710. The molecule has 4 nitrogen and oxygen atoms in total. The second kappa shape index (κ2) is 7.99. The van der Waals surface area contributed by atoms with Gasteiger partial charge < -0.3 is 10.3 Å². The lowest BCUT2D eigenvalue weighted by Crippen LogP contribution is -2.26. The zero-order valence-corrected chi connectivity index (χ0v) is 14.5. The lowest BCUT2D eigenvalue weighted by Gasteiger charge is -2.09. The zero-order valence-electron chi connectivity index (χ0n) is 12.8. The smallest absolute Gasteiger partial charge is 0.304 e. The number of benzene rings is 2. The first-order chi connectivity index (χ1) is 11.7. The highest BCUT2D eigenvalue weighted by Gasteiger charge is 2.11. The van der Waals surface area contributed by atoms with Crippen molar-refractivity contribution in [1.82, 2.24) is 10.3 Å². The van der Waals surface area contributed by atoms with Gasteiger partial charge in [-0.3, -0.25) is 9.59 Å². The van der Waals surface area contributed by atoms with Gasteiger partial charge in [-0.1, -0.05) is 53.4 Å². The molecular weight excluding hydrogens is 340 g/mol. The summed E-state index contributed by atoms with van der Waals surface area (Å²) in [6.07, 6.45) is 0.610. The number of H-pyrrole nitrogens is 1. The molecule has 24 heavy (non-hydrogen) atoms. The van der Waals surface area contributed by atoms with E-state index >= 15 is 0 Å². The number of thiazole rings is 1. The van der Waals surface area contributed by atoms with Crippen LogP contribution >= 0.6 is 23.1 Å². The van der Waals surface area contributed by atoms with Gasteiger partial charge in [0, 0.05) is 33.8 Å². The summed E-state index contributed by atoms with van der Waals surface area (Å²) in [7, 11) is 0. The average molecular weight is 356 g/mol. The molecule has 1 aromatic heterocycles. The maximum Gasteiger partial charge on any atom is 0.304 e. The Morgan fingerprint density at radius 2 is 1.83 bits per heavy atom. The number of amides is 1. The summed E-state index contributed by atoms with van der Waals surface area (Å²) >= 11 is 2.71. The Kier molecular flexibility index (Phi) is 5.51. The Morgan fingerprint density at radius 3 is 2.58 bits per heavy atom. The van der Waals surface area contributed by atoms with Crippen molar-refractivity contribution in [2.75, 3.05) is 6.54 Å². The topological polar surface area (TPSA) is 62.0 Å². The first kappa shape index (κ1) is 16.5. The van der Waals surface area contributed by atoms with Crippen LogP contribution in [0.2, 0.25) is 0 Å². The van der Waals surface area contributed by atoms with E-state index in [-0.39, 0.29) is 10.8 Å². The standard InChI is InChI=1S/C18H16N2O2S2/c21-17(19-11-10-13-12-23-18(22)20-13)15-8-4-5-9-16(15)24-14-6-2-1-3-7-14/h1-9,12H,10-11H2,(H,19,21)(H,20,22). The van der Waals surface area contributed by atoms with E-state index in [9.17, 15) is 9.59 Å². The Bertz CT molecular complexity index is 872. The van der Waals surface area contributed by atoms with E-state index in [1.807, 2.05) is 54.6 Å². The van der Waals surface area contributed by atoms with Gasteiger partial charge in [0.2, 0.25) is 0 Å². The predicted molar refractivity (Wildman–Crippen MR) is 98.0 cm³/mol. The molecule has 3 rings (SSSR count). The lowest BCUT2D eigenvalue weighted by molar-refractivity contribution is 0.0951. The van der Waals surface area contributed by atoms with Gasteiger partial charge in [-0.25, -0.2) is 0 Å². The van der Waals surface area contributed by atoms with Crippen molar-refractivity contribution in [3.63, 3.8) is 0 Å². The summed E-state index contributed by atoms with van der Waals surface area (Å²) in [4.78, 5) is 28.2. The highest BCUT2D eigenvalue weighted by atomic mass is 32.2. The van der Waals surface area contributed by atoms with Crippen LogP contribution in [0.4, 0.5) is 0 Å². The fourth-order valence-corrected chi connectivity index (χ4v) is 3.78. The summed E-state index contributed by atoms with van der Waals surface area (Å²) in [6, 6.07) is 17.5. The molecule has 122 valence electrons. The molecular formula is C18H16N2O2S2. The summed E-state index contributed by atoms with van der Waals surface area (Å²) in [6.45, 7) is 0.482. The monoisotopic (exact) mass is 356 g/mol. The van der Waals surface area contributed by atoms with E-state index in [0.29, 0.717) is 18.5 Å². The van der Waals surface area contributed by atoms with E-state index in [0.717, 1.165) is 26.8 Å². The van der Waals surface area contributed by atoms with Crippen molar-refractivity contribution >= 4 is 29.0 Å². The minimum Gasteiger partial charge on any atom is -0.352 e. The van der Waals surface area contributed by atoms with Crippen LogP contribution in [0.15, 0.2) is 74.6 Å². The second-order valence-corrected chi connectivity index (χ2v) is 7.05. The molecule has 0 saturated carbocycles. The van der Waals surface area contributed by atoms with E-state index in [2.05, 4.69) is 10.3 Å². The molecule has 1 amide bonds. The summed E-state index contributed by atoms with van der Waals surface area (Å²) in [5, 5.41) is 4.70. The minimum atomic E-state index is -0.105. The largest absolute Gasteiger partial charge is 0.352 e. The summed E-state index contributed by atoms with van der Waals surface area (Å²) in [5.74, 6) is -0.105. The first-order valence-electron chi connectivity index (χ1n) is 7.49. The molecule has 0 radical (unpaired) electrons. The van der Waals surface area contributed by atoms with Crippen LogP contribution in [0, 0.1) is 0 Å². The molecule has 0 saturated heterocycles. The van der Waals surface area contributed by atoms with Crippen molar-refractivity contribution in [3.8, 4) is 0 Å². The number of hydrogen-bond donors (Lipinski definition) is 2. The number of aromatic nitrogens is 1. The van der Waals surface area contributed by atoms with Crippen LogP contribution in [0.5, 0.6) is 0 Å². The van der Waals surface area contributed by atoms with Crippen LogP contribution in [-0.2, 0) is 6.42 Å². The maximum atomic E-state index is 12.5. The van der Waals surface area contributed by atoms with Crippen molar-refractivity contribution in [2.24, 2.45) is 0 Å². The Labute approximate surface area is 147 Å². The minimum absolute atomic E-state index is 0.0686. The maximum absolute atomic E-state index is 12.5. The normalized spacial score (nSPS) is 10.5. The second-order valence-electron chi connectivity index (χ2n) is 5.09. The summed E-state index contributed by atoms with van der Waals surface area (Å²) < 4.78 is 0. The fourth-order valence-electron chi connectivity index (χ4n) is 2.20. The van der Waals surface area contributed by atoms with Crippen molar-refractivity contribution < 1.29 is 4.79 Å². The van der Waals surface area contributed by atoms with E-state index in [1.54, 1.807) is 17.1 Å². The van der Waals surface area contributed by atoms with Crippen molar-refractivity contribution in [3.05, 3.63) is 80.9 Å². The van der Waals surface area contributed by atoms with Gasteiger partial charge in [0.1, 0.15) is 0 Å². The fraction of sp³-hybridized carbons (Fsp3) is 0.111. The predicted octanol–water partition coefficient (Wildman–Crippen LogP) is 3.56. The average Bonchev–Trinajstić information content (AvgIpc) is 3.01. The van der Waals surface area contributed by atoms with Gasteiger partial charge >= 0.3 is 4.87 Å². The molecule has 0 atom stereocenters. The molecule has 6 heteroatoms. The highest BCUT2D eigenvalue weighted by molar-refractivity contribution is 7.99. The Morgan fingerprint density at radius 1 is 1.08 bits per heavy atom. The third-order valence-electron chi connectivity index (χ3n) is 3.35. The number of nitrogens with one attached hydrogen (secondary N) is 2. The van der Waals surface area contributed by atoms with Crippen molar-refractivity contribution in [1.29, 1.82) is 0 Å². The molecule has 0 fully saturated rings. The zero-order chi connectivity index (χ0) is 16.8. The van der Waals surface area contributed by atoms with Gasteiger partial charge in [-0.05, 0) is 24.3 Å². The van der Waals surface area contributed by atoms with Crippen molar-refractivity contribution in [2.45, 2.75) is 16.2 Å². The molecule has 3 aromatic rings. The van der Waals surface area contributed by atoms with Crippen LogP contribution < -0.4 is 10.2 Å². The lowest BCUT2D eigenvalue weighted by atomic mass is 10.2. The molecule has 0 unspecified atom stereocenters.